The Morgan fingerprint density at radius 1 is 0.882 bits per heavy atom. The molecule has 0 nitrogen and oxygen atoms in total. The van der Waals surface area contributed by atoms with E-state index in [0.29, 0.717) is 6.42 Å². The maximum atomic E-state index is 11.9. The maximum absolute atomic E-state index is 11.9. The molecule has 0 saturated carbocycles. The number of aryl methyl sites for hydroxylation is 1. The molecule has 1 radical (unpaired) electrons. The van der Waals surface area contributed by atoms with Crippen molar-refractivity contribution in [3.05, 3.63) is 54.5 Å². The van der Waals surface area contributed by atoms with Crippen LogP contribution in [-0.2, 0) is 6.42 Å². The summed E-state index contributed by atoms with van der Waals surface area (Å²) in [4.78, 5) is 0. The summed E-state index contributed by atoms with van der Waals surface area (Å²) >= 11 is 0. The van der Waals surface area contributed by atoms with Crippen molar-refractivity contribution < 1.29 is 8.78 Å². The average Bonchev–Trinajstić information content (AvgIpc) is 2.34. The molecular formula is C15H15F2. The number of rotatable bonds is 5. The van der Waals surface area contributed by atoms with E-state index in [9.17, 15) is 8.78 Å². The van der Waals surface area contributed by atoms with E-state index < -0.39 is 6.43 Å². The van der Waals surface area contributed by atoms with Crippen molar-refractivity contribution in [2.45, 2.75) is 25.7 Å². The van der Waals surface area contributed by atoms with Gasteiger partial charge in [0.25, 0.3) is 0 Å². The van der Waals surface area contributed by atoms with E-state index in [1.165, 1.54) is 16.3 Å². The van der Waals surface area contributed by atoms with Crippen LogP contribution in [0.3, 0.4) is 0 Å². The van der Waals surface area contributed by atoms with Crippen molar-refractivity contribution in [3.63, 3.8) is 0 Å². The lowest BCUT2D eigenvalue weighted by Crippen LogP contribution is -1.89. The zero-order chi connectivity index (χ0) is 12.1. The maximum Gasteiger partial charge on any atom is 0.310 e. The highest BCUT2D eigenvalue weighted by atomic mass is 19.3. The average molecular weight is 233 g/mol. The molecule has 0 atom stereocenters. The highest BCUT2D eigenvalue weighted by Crippen LogP contribution is 2.21. The van der Waals surface area contributed by atoms with Gasteiger partial charge in [-0.1, -0.05) is 42.5 Å². The van der Waals surface area contributed by atoms with Crippen LogP contribution in [0.2, 0.25) is 0 Å². The second kappa shape index (κ2) is 5.76. The van der Waals surface area contributed by atoms with Gasteiger partial charge in [-0.3, -0.25) is 0 Å². The van der Waals surface area contributed by atoms with Crippen LogP contribution in [0.25, 0.3) is 10.8 Å². The normalized spacial score (nSPS) is 11.2. The molecule has 0 saturated heterocycles. The largest absolute Gasteiger partial charge is 0.310 e. The Balaban J connectivity index is 2.03. The third-order valence-electron chi connectivity index (χ3n) is 2.94. The van der Waals surface area contributed by atoms with Crippen molar-refractivity contribution in [2.24, 2.45) is 0 Å². The molecule has 0 unspecified atom stereocenters. The molecule has 0 fully saturated rings. The number of fused-ring (bicyclic) bond motifs is 1. The van der Waals surface area contributed by atoms with Crippen molar-refractivity contribution in [1.82, 2.24) is 0 Å². The number of unbranched alkanes of at least 4 members (excludes halogenated alkanes) is 1. The van der Waals surface area contributed by atoms with E-state index in [2.05, 4.69) is 24.3 Å². The van der Waals surface area contributed by atoms with Gasteiger partial charge in [0.05, 0.1) is 0 Å². The van der Waals surface area contributed by atoms with Crippen LogP contribution >= 0.6 is 0 Å². The van der Waals surface area contributed by atoms with Gasteiger partial charge in [-0.05, 0) is 35.6 Å². The second-order valence-electron chi connectivity index (χ2n) is 4.18. The summed E-state index contributed by atoms with van der Waals surface area (Å²) in [6, 6.07) is 14.4. The molecule has 2 heteroatoms. The Morgan fingerprint density at radius 3 is 2.47 bits per heavy atom. The van der Waals surface area contributed by atoms with Crippen LogP contribution in [0.4, 0.5) is 8.78 Å². The molecule has 0 aliphatic carbocycles. The van der Waals surface area contributed by atoms with Crippen molar-refractivity contribution in [2.75, 3.05) is 0 Å². The summed E-state index contributed by atoms with van der Waals surface area (Å²) in [5.41, 5.74) is 1.25. The third kappa shape index (κ3) is 3.26. The third-order valence-corrected chi connectivity index (χ3v) is 2.94. The Kier molecular flexibility index (Phi) is 4.08. The molecule has 0 bridgehead atoms. The van der Waals surface area contributed by atoms with E-state index in [4.69, 9.17) is 0 Å². The minimum absolute atomic E-state index is 0.0647. The fraction of sp³-hybridized carbons (Fsp3) is 0.267. The lowest BCUT2D eigenvalue weighted by Gasteiger charge is -2.06. The van der Waals surface area contributed by atoms with Gasteiger partial charge in [0, 0.05) is 6.42 Å². The molecule has 0 spiro atoms. The Bertz CT molecular complexity index is 472. The van der Waals surface area contributed by atoms with E-state index in [1.54, 1.807) is 0 Å². The SMILES string of the molecule is F[C](F)CCCCc1cccc2ccccc12. The molecule has 2 aromatic carbocycles. The first kappa shape index (κ1) is 12.0. The van der Waals surface area contributed by atoms with E-state index in [0.717, 1.165) is 12.8 Å². The first-order valence-corrected chi connectivity index (χ1v) is 5.91. The van der Waals surface area contributed by atoms with Gasteiger partial charge in [-0.15, -0.1) is 0 Å². The number of hydrogen-bond acceptors (Lipinski definition) is 0. The summed E-state index contributed by atoms with van der Waals surface area (Å²) < 4.78 is 23.9. The first-order chi connectivity index (χ1) is 8.27. The predicted molar refractivity (Wildman–Crippen MR) is 67.0 cm³/mol. The number of halogens is 2. The van der Waals surface area contributed by atoms with Crippen LogP contribution in [0.5, 0.6) is 0 Å². The molecule has 0 heterocycles. The van der Waals surface area contributed by atoms with Crippen LogP contribution < -0.4 is 0 Å². The van der Waals surface area contributed by atoms with Crippen molar-refractivity contribution in [1.29, 1.82) is 0 Å². The Labute approximate surface area is 100 Å². The Morgan fingerprint density at radius 2 is 1.65 bits per heavy atom. The molecule has 0 aliphatic rings. The fourth-order valence-corrected chi connectivity index (χ4v) is 2.08. The van der Waals surface area contributed by atoms with Gasteiger partial charge in [0.2, 0.25) is 0 Å². The molecule has 0 aliphatic heterocycles. The highest BCUT2D eigenvalue weighted by molar-refractivity contribution is 5.85. The molecule has 2 aromatic rings. The van der Waals surface area contributed by atoms with Gasteiger partial charge in [0.15, 0.2) is 0 Å². The van der Waals surface area contributed by atoms with Gasteiger partial charge >= 0.3 is 6.43 Å². The number of hydrogen-bond donors (Lipinski definition) is 0. The highest BCUT2D eigenvalue weighted by Gasteiger charge is 2.05. The van der Waals surface area contributed by atoms with Crippen molar-refractivity contribution in [3.8, 4) is 0 Å². The molecule has 0 amide bonds. The van der Waals surface area contributed by atoms with Crippen LogP contribution in [0.1, 0.15) is 24.8 Å². The fourth-order valence-electron chi connectivity index (χ4n) is 2.08. The lowest BCUT2D eigenvalue weighted by molar-refractivity contribution is 0.265. The summed E-state index contributed by atoms with van der Waals surface area (Å²) in [6.45, 7) is 0. The summed E-state index contributed by atoms with van der Waals surface area (Å²) in [5.74, 6) is 0. The van der Waals surface area contributed by atoms with Gasteiger partial charge in [0.1, 0.15) is 0 Å². The summed E-state index contributed by atoms with van der Waals surface area (Å²) in [5, 5.41) is 2.45. The van der Waals surface area contributed by atoms with E-state index >= 15 is 0 Å². The molecule has 2 rings (SSSR count). The minimum Gasteiger partial charge on any atom is -0.200 e. The van der Waals surface area contributed by atoms with Gasteiger partial charge in [-0.25, -0.2) is 0 Å². The minimum atomic E-state index is -1.46. The number of benzene rings is 2. The van der Waals surface area contributed by atoms with Gasteiger partial charge < -0.3 is 0 Å². The van der Waals surface area contributed by atoms with Gasteiger partial charge in [-0.2, -0.15) is 8.78 Å². The molecule has 0 N–H and O–H groups in total. The van der Waals surface area contributed by atoms with E-state index in [-0.39, 0.29) is 6.42 Å². The Hall–Kier alpha value is -1.44. The zero-order valence-corrected chi connectivity index (χ0v) is 9.63. The standard InChI is InChI=1S/C15H15F2/c16-15(17)11-4-2-7-13-9-5-8-12-6-1-3-10-14(12)13/h1,3,5-6,8-10H,2,4,7,11H2. The lowest BCUT2D eigenvalue weighted by atomic mass is 10.00. The molecule has 17 heavy (non-hydrogen) atoms. The monoisotopic (exact) mass is 233 g/mol. The smallest absolute Gasteiger partial charge is 0.200 e. The second-order valence-corrected chi connectivity index (χ2v) is 4.18. The van der Waals surface area contributed by atoms with Crippen molar-refractivity contribution >= 4 is 10.8 Å². The van der Waals surface area contributed by atoms with Crippen LogP contribution in [0, 0.1) is 6.43 Å². The van der Waals surface area contributed by atoms with Crippen LogP contribution in [-0.4, -0.2) is 0 Å². The van der Waals surface area contributed by atoms with Crippen LogP contribution in [0.15, 0.2) is 42.5 Å². The quantitative estimate of drug-likeness (QED) is 0.639. The molecule has 0 aromatic heterocycles. The zero-order valence-electron chi connectivity index (χ0n) is 9.63. The molecule has 89 valence electrons. The predicted octanol–water partition coefficient (Wildman–Crippen LogP) is 4.98. The summed E-state index contributed by atoms with van der Waals surface area (Å²) in [6.07, 6.45) is 0.721. The first-order valence-electron chi connectivity index (χ1n) is 5.91. The molecular weight excluding hydrogens is 218 g/mol. The summed E-state index contributed by atoms with van der Waals surface area (Å²) in [7, 11) is 0. The topological polar surface area (TPSA) is 0 Å². The van der Waals surface area contributed by atoms with E-state index in [1.807, 2.05) is 18.2 Å².